The van der Waals surface area contributed by atoms with Gasteiger partial charge in [0.25, 0.3) is 0 Å². The number of hydrogen-bond acceptors (Lipinski definition) is 3. The summed E-state index contributed by atoms with van der Waals surface area (Å²) in [7, 11) is 0. The predicted molar refractivity (Wildman–Crippen MR) is 70.1 cm³/mol. The van der Waals surface area contributed by atoms with Gasteiger partial charge < -0.3 is 4.74 Å². The van der Waals surface area contributed by atoms with Crippen LogP contribution in [0.15, 0.2) is 48.7 Å². The lowest BCUT2D eigenvalue weighted by Gasteiger charge is -2.13. The maximum Gasteiger partial charge on any atom is 0.387 e. The average Bonchev–Trinajstić information content (AvgIpc) is 2.46. The largest absolute Gasteiger partial charge is 0.434 e. The summed E-state index contributed by atoms with van der Waals surface area (Å²) in [6.07, 6.45) is 1.58. The molecular weight excluding hydrogens is 264 g/mol. The van der Waals surface area contributed by atoms with Crippen molar-refractivity contribution in [3.63, 3.8) is 0 Å². The van der Waals surface area contributed by atoms with Crippen molar-refractivity contribution in [1.82, 2.24) is 4.98 Å². The molecule has 0 bridgehead atoms. The van der Waals surface area contributed by atoms with E-state index in [0.29, 0.717) is 5.69 Å². The van der Waals surface area contributed by atoms with Crippen molar-refractivity contribution in [2.45, 2.75) is 19.5 Å². The molecule has 0 N–H and O–H groups in total. The van der Waals surface area contributed by atoms with Crippen LogP contribution in [0, 0.1) is 0 Å². The van der Waals surface area contributed by atoms with Gasteiger partial charge in [0.2, 0.25) is 0 Å². The molecule has 0 saturated heterocycles. The lowest BCUT2D eigenvalue weighted by atomic mass is 9.95. The minimum atomic E-state index is -2.96. The molecule has 0 aliphatic carbocycles. The Hall–Kier alpha value is -2.30. The van der Waals surface area contributed by atoms with Gasteiger partial charge in [-0.2, -0.15) is 8.78 Å². The third-order valence-electron chi connectivity index (χ3n) is 2.89. The van der Waals surface area contributed by atoms with E-state index in [1.54, 1.807) is 43.5 Å². The van der Waals surface area contributed by atoms with E-state index in [4.69, 9.17) is 0 Å². The summed E-state index contributed by atoms with van der Waals surface area (Å²) in [6.45, 7) is -1.28. The second-order valence-electron chi connectivity index (χ2n) is 4.22. The first-order chi connectivity index (χ1) is 9.59. The Balaban J connectivity index is 2.29. The van der Waals surface area contributed by atoms with E-state index in [0.717, 1.165) is 0 Å². The van der Waals surface area contributed by atoms with Gasteiger partial charge in [-0.05, 0) is 31.2 Å². The summed E-state index contributed by atoms with van der Waals surface area (Å²) in [6, 6.07) is 11.2. The molecule has 1 atom stereocenters. The Bertz CT molecular complexity index is 587. The van der Waals surface area contributed by atoms with Crippen LogP contribution in [0.2, 0.25) is 0 Å². The van der Waals surface area contributed by atoms with Crippen LogP contribution >= 0.6 is 0 Å². The molecule has 104 valence electrons. The highest BCUT2D eigenvalue weighted by Crippen LogP contribution is 2.26. The van der Waals surface area contributed by atoms with Crippen molar-refractivity contribution in [2.24, 2.45) is 0 Å². The molecule has 1 aromatic carbocycles. The zero-order valence-electron chi connectivity index (χ0n) is 10.8. The van der Waals surface area contributed by atoms with E-state index in [1.807, 2.05) is 0 Å². The van der Waals surface area contributed by atoms with Gasteiger partial charge in [0, 0.05) is 6.20 Å². The zero-order valence-corrected chi connectivity index (χ0v) is 10.8. The first-order valence-corrected chi connectivity index (χ1v) is 6.08. The smallest absolute Gasteiger partial charge is 0.387 e. The Morgan fingerprint density at radius 3 is 2.50 bits per heavy atom. The Morgan fingerprint density at radius 1 is 1.15 bits per heavy atom. The second-order valence-corrected chi connectivity index (χ2v) is 4.22. The molecule has 2 aromatic rings. The number of benzene rings is 1. The fourth-order valence-corrected chi connectivity index (χ4v) is 1.87. The third kappa shape index (κ3) is 3.17. The van der Waals surface area contributed by atoms with Crippen molar-refractivity contribution in [3.05, 3.63) is 59.9 Å². The fraction of sp³-hybridized carbons (Fsp3) is 0.200. The molecule has 1 aromatic heterocycles. The van der Waals surface area contributed by atoms with Crippen LogP contribution in [0.1, 0.15) is 28.9 Å². The molecule has 5 heteroatoms. The van der Waals surface area contributed by atoms with Crippen LogP contribution in [0.4, 0.5) is 8.78 Å². The highest BCUT2D eigenvalue weighted by Gasteiger charge is 2.22. The fourth-order valence-electron chi connectivity index (χ4n) is 1.87. The average molecular weight is 277 g/mol. The molecule has 0 spiro atoms. The van der Waals surface area contributed by atoms with Crippen molar-refractivity contribution >= 4 is 5.78 Å². The summed E-state index contributed by atoms with van der Waals surface area (Å²) in [5.41, 5.74) is 0.718. The number of Topliss-reactive ketones (excluding diaryl/α,β-unsaturated/α-hetero) is 1. The summed E-state index contributed by atoms with van der Waals surface area (Å²) in [4.78, 5) is 16.5. The maximum absolute atomic E-state index is 12.4. The number of hydrogen-bond donors (Lipinski definition) is 0. The number of carbonyl (C=O) groups is 1. The number of alkyl halides is 2. The van der Waals surface area contributed by atoms with Gasteiger partial charge in [-0.1, -0.05) is 18.2 Å². The minimum absolute atomic E-state index is 0.115. The molecule has 1 heterocycles. The predicted octanol–water partition coefficient (Wildman–Crippen LogP) is 3.67. The first kappa shape index (κ1) is 14.1. The van der Waals surface area contributed by atoms with E-state index in [9.17, 15) is 13.6 Å². The molecule has 0 aliphatic rings. The lowest BCUT2D eigenvalue weighted by Crippen LogP contribution is -2.14. The van der Waals surface area contributed by atoms with Crippen molar-refractivity contribution in [2.75, 3.05) is 0 Å². The number of aromatic nitrogens is 1. The number of ether oxygens (including phenoxy) is 1. The molecule has 0 amide bonds. The van der Waals surface area contributed by atoms with Crippen molar-refractivity contribution < 1.29 is 18.3 Å². The van der Waals surface area contributed by atoms with Gasteiger partial charge in [0.1, 0.15) is 5.75 Å². The highest BCUT2D eigenvalue weighted by molar-refractivity contribution is 6.02. The SMILES string of the molecule is CC(C(=O)c1ccccc1OC(F)F)c1ccccn1. The summed E-state index contributed by atoms with van der Waals surface area (Å²) in [5, 5.41) is 0. The standard InChI is InChI=1S/C15H13F2NO2/c1-10(12-7-4-5-9-18-12)14(19)11-6-2-3-8-13(11)20-15(16)17/h2-10,15H,1H3. The van der Waals surface area contributed by atoms with E-state index < -0.39 is 12.5 Å². The molecule has 0 radical (unpaired) electrons. The quantitative estimate of drug-likeness (QED) is 0.783. The normalized spacial score (nSPS) is 12.2. The zero-order chi connectivity index (χ0) is 14.5. The Kier molecular flexibility index (Phi) is 4.40. The van der Waals surface area contributed by atoms with Gasteiger partial charge in [-0.3, -0.25) is 9.78 Å². The van der Waals surface area contributed by atoms with Gasteiger partial charge in [0.05, 0.1) is 17.2 Å². The van der Waals surface area contributed by atoms with Crippen molar-refractivity contribution in [3.8, 4) is 5.75 Å². The third-order valence-corrected chi connectivity index (χ3v) is 2.89. The topological polar surface area (TPSA) is 39.2 Å². The molecule has 0 fully saturated rings. The van der Waals surface area contributed by atoms with Gasteiger partial charge in [0.15, 0.2) is 5.78 Å². The van der Waals surface area contributed by atoms with Gasteiger partial charge >= 0.3 is 6.61 Å². The van der Waals surface area contributed by atoms with E-state index >= 15 is 0 Å². The van der Waals surface area contributed by atoms with Crippen LogP contribution in [-0.2, 0) is 0 Å². The minimum Gasteiger partial charge on any atom is -0.434 e. The lowest BCUT2D eigenvalue weighted by molar-refractivity contribution is -0.0501. The number of nitrogens with zero attached hydrogens (tertiary/aromatic N) is 1. The van der Waals surface area contributed by atoms with Crippen molar-refractivity contribution in [1.29, 1.82) is 0 Å². The first-order valence-electron chi connectivity index (χ1n) is 6.08. The molecule has 3 nitrogen and oxygen atoms in total. The number of pyridine rings is 1. The van der Waals surface area contributed by atoms with Crippen LogP contribution in [0.5, 0.6) is 5.75 Å². The van der Waals surface area contributed by atoms with Gasteiger partial charge in [-0.15, -0.1) is 0 Å². The Morgan fingerprint density at radius 2 is 1.85 bits per heavy atom. The van der Waals surface area contributed by atoms with E-state index in [1.165, 1.54) is 12.1 Å². The molecule has 2 rings (SSSR count). The van der Waals surface area contributed by atoms with E-state index in [2.05, 4.69) is 9.72 Å². The maximum atomic E-state index is 12.4. The molecule has 0 saturated carbocycles. The number of ketones is 1. The van der Waals surface area contributed by atoms with Crippen LogP contribution in [-0.4, -0.2) is 17.4 Å². The number of halogens is 2. The number of rotatable bonds is 5. The highest BCUT2D eigenvalue weighted by atomic mass is 19.3. The number of carbonyl (C=O) groups excluding carboxylic acids is 1. The molecule has 1 unspecified atom stereocenters. The Labute approximate surface area is 115 Å². The van der Waals surface area contributed by atoms with Crippen LogP contribution in [0.25, 0.3) is 0 Å². The molecular formula is C15H13F2NO2. The monoisotopic (exact) mass is 277 g/mol. The van der Waals surface area contributed by atoms with Crippen LogP contribution < -0.4 is 4.74 Å². The summed E-state index contributed by atoms with van der Waals surface area (Å²) in [5.74, 6) is -0.950. The summed E-state index contributed by atoms with van der Waals surface area (Å²) >= 11 is 0. The molecule has 20 heavy (non-hydrogen) atoms. The molecule has 0 aliphatic heterocycles. The second kappa shape index (κ2) is 6.23. The number of para-hydroxylation sites is 1. The van der Waals surface area contributed by atoms with Gasteiger partial charge in [-0.25, -0.2) is 0 Å². The summed E-state index contributed by atoms with van der Waals surface area (Å²) < 4.78 is 29.1. The van der Waals surface area contributed by atoms with Crippen LogP contribution in [0.3, 0.4) is 0 Å². The van der Waals surface area contributed by atoms with E-state index in [-0.39, 0.29) is 17.1 Å².